The van der Waals surface area contributed by atoms with Crippen LogP contribution in [0.2, 0.25) is 0 Å². The normalized spacial score (nSPS) is 26.0. The summed E-state index contributed by atoms with van der Waals surface area (Å²) in [6.45, 7) is 12.8. The molecule has 0 radical (unpaired) electrons. The lowest BCUT2D eigenvalue weighted by Crippen LogP contribution is -2.49. The van der Waals surface area contributed by atoms with E-state index in [0.717, 1.165) is 5.82 Å². The number of nitrogens with zero attached hydrogens (tertiary/aromatic N) is 4. The molecule has 0 N–H and O–H groups in total. The highest BCUT2D eigenvalue weighted by Gasteiger charge is 2.61. The van der Waals surface area contributed by atoms with Crippen LogP contribution in [0, 0.1) is 17.3 Å². The predicted octanol–water partition coefficient (Wildman–Crippen LogP) is 1.99. The Morgan fingerprint density at radius 2 is 1.75 bits per heavy atom. The fourth-order valence-corrected chi connectivity index (χ4v) is 6.17. The number of carbonyl (C=O) groups is 1. The Bertz CT molecular complexity index is 972. The largest absolute Gasteiger partial charge is 0.379 e. The summed E-state index contributed by atoms with van der Waals surface area (Å²) in [5.41, 5.74) is 1.28. The Balaban J connectivity index is 1.36. The molecule has 4 rings (SSSR count). The zero-order valence-corrected chi connectivity index (χ0v) is 20.3. The number of sulfonamides is 1. The highest BCUT2D eigenvalue weighted by atomic mass is 32.2. The first kappa shape index (κ1) is 23.2. The predicted molar refractivity (Wildman–Crippen MR) is 123 cm³/mol. The molecule has 176 valence electrons. The van der Waals surface area contributed by atoms with Gasteiger partial charge < -0.3 is 14.5 Å². The van der Waals surface area contributed by atoms with Crippen molar-refractivity contribution in [3.8, 4) is 0 Å². The number of pyridine rings is 1. The van der Waals surface area contributed by atoms with Crippen LogP contribution in [0.4, 0.5) is 5.82 Å². The van der Waals surface area contributed by atoms with Gasteiger partial charge in [-0.2, -0.15) is 4.31 Å². The van der Waals surface area contributed by atoms with Crippen LogP contribution in [-0.4, -0.2) is 81.0 Å². The van der Waals surface area contributed by atoms with Gasteiger partial charge in [0.05, 0.1) is 19.1 Å². The van der Waals surface area contributed by atoms with E-state index < -0.39 is 10.0 Å². The molecule has 0 aromatic carbocycles. The molecule has 2 atom stereocenters. The zero-order valence-electron chi connectivity index (χ0n) is 19.5. The number of anilines is 1. The Morgan fingerprint density at radius 3 is 2.31 bits per heavy atom. The SMILES string of the molecule is CC(C)=C[C@@H]1[C@@H](C(=O)N2CCN(c3ccc(S(=O)(=O)N4CCOCC4)cn3)CC2)C1(C)C. The summed E-state index contributed by atoms with van der Waals surface area (Å²) >= 11 is 0. The van der Waals surface area contributed by atoms with Crippen LogP contribution in [0.15, 0.2) is 34.9 Å². The summed E-state index contributed by atoms with van der Waals surface area (Å²) in [5, 5.41) is 0. The Morgan fingerprint density at radius 1 is 1.09 bits per heavy atom. The van der Waals surface area contributed by atoms with Gasteiger partial charge in [0.1, 0.15) is 10.7 Å². The summed E-state index contributed by atoms with van der Waals surface area (Å²) in [6, 6.07) is 3.39. The van der Waals surface area contributed by atoms with Gasteiger partial charge in [-0.05, 0) is 37.3 Å². The smallest absolute Gasteiger partial charge is 0.244 e. The number of ether oxygens (including phenoxy) is 1. The zero-order chi connectivity index (χ0) is 23.1. The molecule has 3 aliphatic rings. The lowest BCUT2D eigenvalue weighted by atomic mass is 10.1. The maximum atomic E-state index is 13.1. The van der Waals surface area contributed by atoms with E-state index in [1.165, 1.54) is 16.1 Å². The second-order valence-corrected chi connectivity index (χ2v) is 11.7. The van der Waals surface area contributed by atoms with Crippen LogP contribution in [0.5, 0.6) is 0 Å². The van der Waals surface area contributed by atoms with E-state index >= 15 is 0 Å². The van der Waals surface area contributed by atoms with Gasteiger partial charge in [-0.3, -0.25) is 4.79 Å². The molecule has 3 heterocycles. The fourth-order valence-electron chi connectivity index (χ4n) is 4.82. The van der Waals surface area contributed by atoms with Crippen molar-refractivity contribution in [1.29, 1.82) is 0 Å². The fraction of sp³-hybridized carbons (Fsp3) is 0.652. The molecule has 0 unspecified atom stereocenters. The summed E-state index contributed by atoms with van der Waals surface area (Å²) < 4.78 is 32.2. The molecule has 9 heteroatoms. The van der Waals surface area contributed by atoms with Crippen molar-refractivity contribution < 1.29 is 17.9 Å². The molecule has 0 spiro atoms. The Labute approximate surface area is 191 Å². The molecule has 8 nitrogen and oxygen atoms in total. The highest BCUT2D eigenvalue weighted by molar-refractivity contribution is 7.89. The quantitative estimate of drug-likeness (QED) is 0.623. The van der Waals surface area contributed by atoms with Crippen molar-refractivity contribution in [3.05, 3.63) is 30.0 Å². The molecule has 0 bridgehead atoms. The summed E-state index contributed by atoms with van der Waals surface area (Å²) in [6.07, 6.45) is 3.67. The van der Waals surface area contributed by atoms with Crippen LogP contribution in [-0.2, 0) is 19.6 Å². The average Bonchev–Trinajstić information content (AvgIpc) is 3.32. The molecule has 3 fully saturated rings. The van der Waals surface area contributed by atoms with Gasteiger partial charge in [0, 0.05) is 45.5 Å². The maximum absolute atomic E-state index is 13.1. The Hall–Kier alpha value is -1.97. The molecular weight excluding hydrogens is 428 g/mol. The second-order valence-electron chi connectivity index (χ2n) is 9.75. The van der Waals surface area contributed by atoms with Gasteiger partial charge in [-0.25, -0.2) is 13.4 Å². The first-order valence-corrected chi connectivity index (χ1v) is 12.8. The third-order valence-electron chi connectivity index (χ3n) is 6.93. The van der Waals surface area contributed by atoms with Crippen molar-refractivity contribution >= 4 is 21.7 Å². The van der Waals surface area contributed by atoms with Gasteiger partial charge in [-0.15, -0.1) is 0 Å². The van der Waals surface area contributed by atoms with Gasteiger partial charge in [0.15, 0.2) is 0 Å². The Kier molecular flexibility index (Phi) is 6.35. The van der Waals surface area contributed by atoms with E-state index in [1.807, 2.05) is 4.90 Å². The second kappa shape index (κ2) is 8.76. The number of rotatable bonds is 5. The number of allylic oxidation sites excluding steroid dienone is 2. The minimum atomic E-state index is -3.54. The van der Waals surface area contributed by atoms with Crippen LogP contribution in [0.3, 0.4) is 0 Å². The number of morpholine rings is 1. The summed E-state index contributed by atoms with van der Waals surface area (Å²) in [4.78, 5) is 21.8. The summed E-state index contributed by atoms with van der Waals surface area (Å²) in [7, 11) is -3.54. The number of hydrogen-bond donors (Lipinski definition) is 0. The van der Waals surface area contributed by atoms with Gasteiger partial charge >= 0.3 is 0 Å². The van der Waals surface area contributed by atoms with E-state index in [2.05, 4.69) is 43.7 Å². The molecule has 1 aliphatic carbocycles. The molecule has 1 aromatic rings. The van der Waals surface area contributed by atoms with Crippen LogP contribution >= 0.6 is 0 Å². The van der Waals surface area contributed by atoms with Crippen molar-refractivity contribution in [1.82, 2.24) is 14.2 Å². The van der Waals surface area contributed by atoms with E-state index in [4.69, 9.17) is 4.74 Å². The maximum Gasteiger partial charge on any atom is 0.244 e. The lowest BCUT2D eigenvalue weighted by Gasteiger charge is -2.36. The molecular formula is C23H34N4O4S. The monoisotopic (exact) mass is 462 g/mol. The number of amides is 1. The minimum absolute atomic E-state index is 0.0227. The van der Waals surface area contributed by atoms with E-state index in [-0.39, 0.29) is 22.1 Å². The highest BCUT2D eigenvalue weighted by Crippen LogP contribution is 2.60. The lowest BCUT2D eigenvalue weighted by molar-refractivity contribution is -0.133. The molecule has 2 aliphatic heterocycles. The molecule has 2 saturated heterocycles. The van der Waals surface area contributed by atoms with E-state index in [1.54, 1.807) is 12.1 Å². The minimum Gasteiger partial charge on any atom is -0.379 e. The average molecular weight is 463 g/mol. The van der Waals surface area contributed by atoms with Gasteiger partial charge in [0.25, 0.3) is 0 Å². The van der Waals surface area contributed by atoms with Gasteiger partial charge in [0.2, 0.25) is 15.9 Å². The number of piperazine rings is 1. The standard InChI is InChI=1S/C23H34N4O4S/c1-17(2)15-19-21(23(19,3)4)22(28)26-9-7-25(8-10-26)20-6-5-18(16-24-20)32(29,30)27-11-13-31-14-12-27/h5-6,15-16,19,21H,7-14H2,1-4H3/t19-,21+/m1/s1. The van der Waals surface area contributed by atoms with Crippen molar-refractivity contribution in [2.45, 2.75) is 32.6 Å². The topological polar surface area (TPSA) is 83.1 Å². The third-order valence-corrected chi connectivity index (χ3v) is 8.82. The third kappa shape index (κ3) is 4.43. The van der Waals surface area contributed by atoms with Crippen molar-refractivity contribution in [2.75, 3.05) is 57.4 Å². The van der Waals surface area contributed by atoms with Crippen LogP contribution in [0.25, 0.3) is 0 Å². The number of aromatic nitrogens is 1. The van der Waals surface area contributed by atoms with E-state index in [9.17, 15) is 13.2 Å². The first-order chi connectivity index (χ1) is 15.1. The van der Waals surface area contributed by atoms with Crippen molar-refractivity contribution in [3.63, 3.8) is 0 Å². The van der Waals surface area contributed by atoms with Crippen LogP contribution in [0.1, 0.15) is 27.7 Å². The number of hydrogen-bond acceptors (Lipinski definition) is 6. The van der Waals surface area contributed by atoms with Crippen LogP contribution < -0.4 is 4.90 Å². The molecule has 1 amide bonds. The van der Waals surface area contributed by atoms with Crippen molar-refractivity contribution in [2.24, 2.45) is 17.3 Å². The summed E-state index contributed by atoms with van der Waals surface area (Å²) in [5.74, 6) is 1.37. The molecule has 1 aromatic heterocycles. The molecule has 1 saturated carbocycles. The van der Waals surface area contributed by atoms with E-state index in [0.29, 0.717) is 58.4 Å². The number of carbonyl (C=O) groups excluding carboxylic acids is 1. The first-order valence-electron chi connectivity index (χ1n) is 11.3. The van der Waals surface area contributed by atoms with Gasteiger partial charge in [-0.1, -0.05) is 25.5 Å². The molecule has 32 heavy (non-hydrogen) atoms.